The van der Waals surface area contributed by atoms with Gasteiger partial charge in [-0.2, -0.15) is 5.10 Å². The third kappa shape index (κ3) is 4.25. The van der Waals surface area contributed by atoms with Gasteiger partial charge in [0.15, 0.2) is 5.69 Å². The smallest absolute Gasteiger partial charge is 0.271 e. The van der Waals surface area contributed by atoms with Crippen molar-refractivity contribution in [1.82, 2.24) is 20.4 Å². The summed E-state index contributed by atoms with van der Waals surface area (Å²) in [5.41, 5.74) is 1.56. The van der Waals surface area contributed by atoms with E-state index in [0.717, 1.165) is 18.4 Å². The van der Waals surface area contributed by atoms with Gasteiger partial charge in [0.1, 0.15) is 5.69 Å². The maximum atomic E-state index is 13.0. The Balaban J connectivity index is 1.87. The number of rotatable bonds is 5. The molecule has 0 bridgehead atoms. The molecule has 28 heavy (non-hydrogen) atoms. The highest BCUT2D eigenvalue weighted by Gasteiger charge is 2.29. The van der Waals surface area contributed by atoms with Crippen molar-refractivity contribution >= 4 is 11.8 Å². The zero-order valence-electron chi connectivity index (χ0n) is 16.6. The standard InChI is InChI=1S/C21H28N4O3/c1-13-11-16(9-10-19(13)26)23-21(28)18-12-17(20(27)22-3)24-25(18)14(2)15-7-5-4-6-8-15/h4-8,12-14,16,19,26H,9-11H2,1-3H3,(H,22,27)(H,23,28)/t13-,14-,16-,19-/m0/s1. The molecule has 0 unspecified atom stereocenters. The number of nitrogens with one attached hydrogen (secondary N) is 2. The van der Waals surface area contributed by atoms with Gasteiger partial charge in [-0.3, -0.25) is 14.3 Å². The second-order valence-corrected chi connectivity index (χ2v) is 7.55. The third-order valence-electron chi connectivity index (χ3n) is 5.54. The highest BCUT2D eigenvalue weighted by atomic mass is 16.3. The van der Waals surface area contributed by atoms with Gasteiger partial charge in [-0.25, -0.2) is 0 Å². The number of carbonyl (C=O) groups is 2. The molecule has 2 amide bonds. The van der Waals surface area contributed by atoms with Crippen LogP contribution in [0.15, 0.2) is 36.4 Å². The fourth-order valence-corrected chi connectivity index (χ4v) is 3.74. The molecule has 0 saturated heterocycles. The first-order valence-corrected chi connectivity index (χ1v) is 9.76. The Hall–Kier alpha value is -2.67. The third-order valence-corrected chi connectivity index (χ3v) is 5.54. The number of hydrogen-bond acceptors (Lipinski definition) is 4. The number of aromatic nitrogens is 2. The van der Waals surface area contributed by atoms with Crippen molar-refractivity contribution in [3.63, 3.8) is 0 Å². The molecule has 1 heterocycles. The Morgan fingerprint density at radius 1 is 1.21 bits per heavy atom. The quantitative estimate of drug-likeness (QED) is 0.736. The van der Waals surface area contributed by atoms with E-state index in [4.69, 9.17) is 0 Å². The lowest BCUT2D eigenvalue weighted by molar-refractivity contribution is 0.0612. The van der Waals surface area contributed by atoms with Crippen LogP contribution in [0.4, 0.5) is 0 Å². The maximum absolute atomic E-state index is 13.0. The van der Waals surface area contributed by atoms with Crippen molar-refractivity contribution in [2.24, 2.45) is 5.92 Å². The molecule has 7 heteroatoms. The highest BCUT2D eigenvalue weighted by Crippen LogP contribution is 2.25. The summed E-state index contributed by atoms with van der Waals surface area (Å²) >= 11 is 0. The summed E-state index contributed by atoms with van der Waals surface area (Å²) in [4.78, 5) is 25.1. The molecule has 4 atom stereocenters. The van der Waals surface area contributed by atoms with Crippen LogP contribution in [-0.2, 0) is 0 Å². The van der Waals surface area contributed by atoms with Crippen LogP contribution in [0.1, 0.15) is 65.7 Å². The molecule has 1 aliphatic rings. The fourth-order valence-electron chi connectivity index (χ4n) is 3.74. The first-order chi connectivity index (χ1) is 13.4. The second-order valence-electron chi connectivity index (χ2n) is 7.55. The predicted molar refractivity (Wildman–Crippen MR) is 106 cm³/mol. The number of carbonyl (C=O) groups excluding carboxylic acids is 2. The van der Waals surface area contributed by atoms with Gasteiger partial charge in [0, 0.05) is 19.2 Å². The molecular formula is C21H28N4O3. The molecule has 0 radical (unpaired) electrons. The maximum Gasteiger partial charge on any atom is 0.271 e. The van der Waals surface area contributed by atoms with Gasteiger partial charge in [-0.1, -0.05) is 37.3 Å². The zero-order chi connectivity index (χ0) is 20.3. The average molecular weight is 384 g/mol. The van der Waals surface area contributed by atoms with Gasteiger partial charge >= 0.3 is 0 Å². The van der Waals surface area contributed by atoms with E-state index in [1.165, 1.54) is 13.1 Å². The number of amides is 2. The van der Waals surface area contributed by atoms with Gasteiger partial charge in [0.05, 0.1) is 12.1 Å². The molecule has 3 rings (SSSR count). The normalized spacial score (nSPS) is 23.1. The Morgan fingerprint density at radius 3 is 2.57 bits per heavy atom. The van der Waals surface area contributed by atoms with Crippen LogP contribution in [0.2, 0.25) is 0 Å². The highest BCUT2D eigenvalue weighted by molar-refractivity contribution is 5.98. The molecule has 0 spiro atoms. The van der Waals surface area contributed by atoms with Gasteiger partial charge < -0.3 is 15.7 Å². The van der Waals surface area contributed by atoms with Gasteiger partial charge in [-0.15, -0.1) is 0 Å². The number of aliphatic hydroxyl groups is 1. The largest absolute Gasteiger partial charge is 0.393 e. The van der Waals surface area contributed by atoms with E-state index in [9.17, 15) is 14.7 Å². The zero-order valence-corrected chi connectivity index (χ0v) is 16.6. The molecule has 1 fully saturated rings. The molecular weight excluding hydrogens is 356 g/mol. The minimum atomic E-state index is -0.331. The first-order valence-electron chi connectivity index (χ1n) is 9.76. The van der Waals surface area contributed by atoms with Gasteiger partial charge in [0.2, 0.25) is 0 Å². The van der Waals surface area contributed by atoms with E-state index in [-0.39, 0.29) is 41.6 Å². The van der Waals surface area contributed by atoms with Gasteiger partial charge in [-0.05, 0) is 37.7 Å². The Morgan fingerprint density at radius 2 is 1.93 bits per heavy atom. The molecule has 7 nitrogen and oxygen atoms in total. The Bertz CT molecular complexity index is 833. The van der Waals surface area contributed by atoms with E-state index in [0.29, 0.717) is 12.1 Å². The summed E-state index contributed by atoms with van der Waals surface area (Å²) in [6.45, 7) is 3.94. The number of hydrogen-bond donors (Lipinski definition) is 3. The fraction of sp³-hybridized carbons (Fsp3) is 0.476. The molecule has 1 aromatic carbocycles. The summed E-state index contributed by atoms with van der Waals surface area (Å²) in [5.74, 6) is -0.435. The molecule has 0 aliphatic heterocycles. The second kappa shape index (κ2) is 8.56. The van der Waals surface area contributed by atoms with Crippen molar-refractivity contribution in [3.05, 3.63) is 53.3 Å². The topological polar surface area (TPSA) is 96.3 Å². The van der Waals surface area contributed by atoms with E-state index in [1.807, 2.05) is 44.2 Å². The summed E-state index contributed by atoms with van der Waals surface area (Å²) in [7, 11) is 1.54. The van der Waals surface area contributed by atoms with Crippen molar-refractivity contribution in [1.29, 1.82) is 0 Å². The van der Waals surface area contributed by atoms with E-state index in [2.05, 4.69) is 15.7 Å². The van der Waals surface area contributed by atoms with Crippen LogP contribution in [0.3, 0.4) is 0 Å². The minimum Gasteiger partial charge on any atom is -0.393 e. The van der Waals surface area contributed by atoms with Crippen LogP contribution in [0.25, 0.3) is 0 Å². The van der Waals surface area contributed by atoms with Crippen LogP contribution < -0.4 is 10.6 Å². The Labute approximate surface area is 165 Å². The number of benzene rings is 1. The number of nitrogens with zero attached hydrogens (tertiary/aromatic N) is 2. The van der Waals surface area contributed by atoms with E-state index in [1.54, 1.807) is 4.68 Å². The lowest BCUT2D eigenvalue weighted by Crippen LogP contribution is -2.42. The van der Waals surface area contributed by atoms with Crippen LogP contribution in [0, 0.1) is 5.92 Å². The minimum absolute atomic E-state index is 0.00438. The molecule has 1 aromatic heterocycles. The first kappa shape index (κ1) is 20.1. The summed E-state index contributed by atoms with van der Waals surface area (Å²) < 4.78 is 1.61. The van der Waals surface area contributed by atoms with Crippen LogP contribution in [0.5, 0.6) is 0 Å². The van der Waals surface area contributed by atoms with Crippen molar-refractivity contribution < 1.29 is 14.7 Å². The summed E-state index contributed by atoms with van der Waals surface area (Å²) in [6, 6.07) is 11.1. The lowest BCUT2D eigenvalue weighted by Gasteiger charge is -2.31. The molecule has 150 valence electrons. The monoisotopic (exact) mass is 384 g/mol. The van der Waals surface area contributed by atoms with Crippen molar-refractivity contribution in [3.8, 4) is 0 Å². The van der Waals surface area contributed by atoms with E-state index >= 15 is 0 Å². The van der Waals surface area contributed by atoms with Crippen LogP contribution >= 0.6 is 0 Å². The number of aliphatic hydroxyl groups excluding tert-OH is 1. The van der Waals surface area contributed by atoms with Crippen molar-refractivity contribution in [2.75, 3.05) is 7.05 Å². The summed E-state index contributed by atoms with van der Waals surface area (Å²) in [5, 5.41) is 19.9. The predicted octanol–water partition coefficient (Wildman–Crippen LogP) is 2.13. The SMILES string of the molecule is CNC(=O)c1cc(C(=O)N[C@H]2CC[C@H](O)[C@@H](C)C2)n([C@@H](C)c2ccccc2)n1. The van der Waals surface area contributed by atoms with E-state index < -0.39 is 0 Å². The molecule has 2 aromatic rings. The average Bonchev–Trinajstić information content (AvgIpc) is 3.16. The lowest BCUT2D eigenvalue weighted by atomic mass is 9.84. The molecule has 1 aliphatic carbocycles. The summed E-state index contributed by atoms with van der Waals surface area (Å²) in [6.07, 6.45) is 1.84. The Kier molecular flexibility index (Phi) is 6.14. The van der Waals surface area contributed by atoms with Crippen molar-refractivity contribution in [2.45, 2.75) is 51.3 Å². The molecule has 3 N–H and O–H groups in total. The van der Waals surface area contributed by atoms with Crippen LogP contribution in [-0.4, -0.2) is 45.9 Å². The molecule has 1 saturated carbocycles. The van der Waals surface area contributed by atoms with Gasteiger partial charge in [0.25, 0.3) is 11.8 Å².